The number of hydrogen-bond donors (Lipinski definition) is 1. The average molecular weight is 747 g/mol. The van der Waals surface area contributed by atoms with Gasteiger partial charge in [0.15, 0.2) is 0 Å². The molecule has 1 heterocycles. The number of allylic oxidation sites excluding steroid dienone is 7. The summed E-state index contributed by atoms with van der Waals surface area (Å²) in [5.41, 5.74) is 24.5. The number of benzene rings is 7. The van der Waals surface area contributed by atoms with Gasteiger partial charge in [0.2, 0.25) is 0 Å². The van der Waals surface area contributed by atoms with E-state index in [1.807, 2.05) is 18.2 Å². The third kappa shape index (κ3) is 5.46. The maximum Gasteiger partial charge on any atom is 0.143 e. The molecule has 0 aliphatic heterocycles. The van der Waals surface area contributed by atoms with Gasteiger partial charge < -0.3 is 10.2 Å². The first-order valence-corrected chi connectivity index (χ1v) is 20.1. The highest BCUT2D eigenvalue weighted by atomic mass is 16.3. The van der Waals surface area contributed by atoms with Gasteiger partial charge in [-0.25, -0.2) is 4.99 Å². The van der Waals surface area contributed by atoms with E-state index in [9.17, 15) is 0 Å². The smallest absolute Gasteiger partial charge is 0.143 e. The van der Waals surface area contributed by atoms with Crippen molar-refractivity contribution in [1.29, 1.82) is 0 Å². The number of aliphatic imine (C=N–C) groups is 1. The first-order valence-electron chi connectivity index (χ1n) is 20.1. The van der Waals surface area contributed by atoms with Gasteiger partial charge in [0.25, 0.3) is 0 Å². The molecule has 10 rings (SSSR count). The maximum atomic E-state index is 6.99. The van der Waals surface area contributed by atoms with E-state index in [0.29, 0.717) is 5.84 Å². The van der Waals surface area contributed by atoms with Gasteiger partial charge in [-0.2, -0.15) is 0 Å². The number of rotatable bonds is 7. The Bertz CT molecular complexity index is 3000. The van der Waals surface area contributed by atoms with Crippen LogP contribution < -0.4 is 5.73 Å². The Hall–Kier alpha value is -7.23. The Morgan fingerprint density at radius 2 is 1.19 bits per heavy atom. The molecule has 2 aliphatic rings. The van der Waals surface area contributed by atoms with Crippen molar-refractivity contribution in [2.45, 2.75) is 25.7 Å². The molecule has 0 fully saturated rings. The second-order valence-electron chi connectivity index (χ2n) is 15.0. The van der Waals surface area contributed by atoms with Crippen LogP contribution in [0.5, 0.6) is 0 Å². The van der Waals surface area contributed by atoms with E-state index < -0.39 is 5.41 Å². The normalized spacial score (nSPS) is 16.1. The number of fused-ring (bicyclic) bond motifs is 10. The second-order valence-corrected chi connectivity index (χ2v) is 15.0. The largest absolute Gasteiger partial charge is 0.455 e. The third-order valence-electron chi connectivity index (χ3n) is 11.9. The molecule has 0 radical (unpaired) electrons. The van der Waals surface area contributed by atoms with Gasteiger partial charge in [0.05, 0.1) is 11.1 Å². The quantitative estimate of drug-likeness (QED) is 0.130. The van der Waals surface area contributed by atoms with Gasteiger partial charge in [-0.05, 0) is 81.2 Å². The van der Waals surface area contributed by atoms with Crippen molar-refractivity contribution < 1.29 is 4.42 Å². The van der Waals surface area contributed by atoms with Crippen molar-refractivity contribution in [3.8, 4) is 22.3 Å². The van der Waals surface area contributed by atoms with Crippen LogP contribution in [0.3, 0.4) is 0 Å². The van der Waals surface area contributed by atoms with Crippen molar-refractivity contribution in [2.24, 2.45) is 10.7 Å². The van der Waals surface area contributed by atoms with Crippen LogP contribution in [0.15, 0.2) is 215 Å². The van der Waals surface area contributed by atoms with Crippen LogP contribution in [0.4, 0.5) is 0 Å². The minimum atomic E-state index is -0.505. The summed E-state index contributed by atoms with van der Waals surface area (Å²) in [6.07, 6.45) is 9.65. The standard InChI is InChI=1S/C55H42N2O/c1-3-5-20-45-43-23-11-15-29-49(43)55(47-27-13-9-21-41(47)42-22-10-14-28-48(42)55)52(45)36(4-2)35-50(38-18-7-6-8-19-38)57-54(56)39-33-31-37(32-34-39)40-25-17-26-46-44-24-12-16-30-51(44)58-53(40)46/h3,5-35H,4H2,1-2H3,(H2,56,57)/b5-3-,45-20-,50-35-,52-36-. The zero-order valence-corrected chi connectivity index (χ0v) is 32.6. The minimum absolute atomic E-state index is 0.453. The fourth-order valence-corrected chi connectivity index (χ4v) is 9.38. The molecule has 3 nitrogen and oxygen atoms in total. The zero-order chi connectivity index (χ0) is 39.2. The van der Waals surface area contributed by atoms with Crippen LogP contribution in [0.2, 0.25) is 0 Å². The van der Waals surface area contributed by atoms with Gasteiger partial charge in [-0.3, -0.25) is 0 Å². The number of hydrogen-bond acceptors (Lipinski definition) is 2. The van der Waals surface area contributed by atoms with Crippen LogP contribution in [0, 0.1) is 0 Å². The van der Waals surface area contributed by atoms with Crippen LogP contribution in [0.25, 0.3) is 55.5 Å². The van der Waals surface area contributed by atoms with Crippen LogP contribution in [0.1, 0.15) is 53.6 Å². The first-order chi connectivity index (χ1) is 28.6. The Balaban J connectivity index is 1.16. The zero-order valence-electron chi connectivity index (χ0n) is 32.6. The van der Waals surface area contributed by atoms with E-state index in [4.69, 9.17) is 15.1 Å². The van der Waals surface area contributed by atoms with E-state index in [2.05, 4.69) is 190 Å². The lowest BCUT2D eigenvalue weighted by Crippen LogP contribution is -2.27. The lowest BCUT2D eigenvalue weighted by Gasteiger charge is -2.32. The van der Waals surface area contributed by atoms with Crippen LogP contribution in [-0.2, 0) is 5.41 Å². The molecule has 0 saturated carbocycles. The summed E-state index contributed by atoms with van der Waals surface area (Å²) in [4.78, 5) is 5.27. The molecule has 1 aromatic heterocycles. The molecule has 3 heteroatoms. The predicted octanol–water partition coefficient (Wildman–Crippen LogP) is 13.7. The Morgan fingerprint density at radius 3 is 1.88 bits per heavy atom. The van der Waals surface area contributed by atoms with Crippen molar-refractivity contribution in [2.75, 3.05) is 0 Å². The minimum Gasteiger partial charge on any atom is -0.455 e. The number of nitrogens with two attached hydrogens (primary N) is 1. The van der Waals surface area contributed by atoms with E-state index in [1.54, 1.807) is 0 Å². The molecular formula is C55H42N2O. The molecule has 0 saturated heterocycles. The van der Waals surface area contributed by atoms with Gasteiger partial charge in [-0.1, -0.05) is 189 Å². The van der Waals surface area contributed by atoms with Crippen molar-refractivity contribution >= 4 is 39.0 Å². The van der Waals surface area contributed by atoms with Gasteiger partial charge in [0, 0.05) is 27.5 Å². The molecule has 8 aromatic rings. The summed E-state index contributed by atoms with van der Waals surface area (Å²) in [7, 11) is 0. The Morgan fingerprint density at radius 1 is 0.603 bits per heavy atom. The highest BCUT2D eigenvalue weighted by Gasteiger charge is 2.53. The Labute approximate surface area is 339 Å². The summed E-state index contributed by atoms with van der Waals surface area (Å²) in [5, 5.41) is 2.23. The topological polar surface area (TPSA) is 51.5 Å². The summed E-state index contributed by atoms with van der Waals surface area (Å²) >= 11 is 0. The van der Waals surface area contributed by atoms with E-state index in [0.717, 1.165) is 56.3 Å². The fourth-order valence-electron chi connectivity index (χ4n) is 9.38. The van der Waals surface area contributed by atoms with E-state index in [1.165, 1.54) is 50.1 Å². The van der Waals surface area contributed by atoms with Crippen molar-refractivity contribution in [3.05, 3.63) is 239 Å². The number of amidine groups is 1. The Kier molecular flexibility index (Phi) is 8.72. The van der Waals surface area contributed by atoms with E-state index in [-0.39, 0.29) is 0 Å². The molecule has 58 heavy (non-hydrogen) atoms. The summed E-state index contributed by atoms with van der Waals surface area (Å²) < 4.78 is 6.36. The molecule has 278 valence electrons. The molecule has 2 aliphatic carbocycles. The highest BCUT2D eigenvalue weighted by molar-refractivity contribution is 6.10. The summed E-state index contributed by atoms with van der Waals surface area (Å²) in [6.45, 7) is 4.33. The van der Waals surface area contributed by atoms with Crippen LogP contribution in [-0.4, -0.2) is 5.84 Å². The van der Waals surface area contributed by atoms with Gasteiger partial charge in [0.1, 0.15) is 17.0 Å². The number of nitrogens with zero attached hydrogens (tertiary/aromatic N) is 1. The predicted molar refractivity (Wildman–Crippen MR) is 243 cm³/mol. The monoisotopic (exact) mass is 746 g/mol. The SMILES string of the molecule is C\C=C/C=C1\C(=C(\C=C(/N=C(N)c2ccc(-c3cccc4c3oc3ccccc34)cc2)c2ccccc2)CC)C2(c3ccccc31)c1ccccc1-c1ccccc12. The second kappa shape index (κ2) is 14.4. The lowest BCUT2D eigenvalue weighted by molar-refractivity contribution is 0.670. The van der Waals surface area contributed by atoms with E-state index >= 15 is 0 Å². The molecule has 0 amide bonds. The number of furan rings is 1. The van der Waals surface area contributed by atoms with Crippen LogP contribution >= 0.6 is 0 Å². The first kappa shape index (κ1) is 35.2. The summed E-state index contributed by atoms with van der Waals surface area (Å²) in [5.74, 6) is 0.453. The van der Waals surface area contributed by atoms with Gasteiger partial charge >= 0.3 is 0 Å². The molecule has 0 unspecified atom stereocenters. The molecule has 7 aromatic carbocycles. The van der Waals surface area contributed by atoms with Gasteiger partial charge in [-0.15, -0.1) is 0 Å². The molecule has 0 atom stereocenters. The third-order valence-corrected chi connectivity index (χ3v) is 11.9. The molecular weight excluding hydrogens is 705 g/mol. The molecule has 2 N–H and O–H groups in total. The summed E-state index contributed by atoms with van der Waals surface area (Å²) in [6, 6.07) is 60.1. The molecule has 0 bridgehead atoms. The molecule has 1 spiro atoms. The van der Waals surface area contributed by atoms with Crippen molar-refractivity contribution in [1.82, 2.24) is 0 Å². The highest BCUT2D eigenvalue weighted by Crippen LogP contribution is 2.64. The maximum absolute atomic E-state index is 6.99. The lowest BCUT2D eigenvalue weighted by atomic mass is 9.68. The van der Waals surface area contributed by atoms with Crippen molar-refractivity contribution in [3.63, 3.8) is 0 Å². The number of para-hydroxylation sites is 2. The fraction of sp³-hybridized carbons (Fsp3) is 0.0727. The average Bonchev–Trinajstić information content (AvgIpc) is 3.91.